The van der Waals surface area contributed by atoms with E-state index in [4.69, 9.17) is 9.68 Å². The van der Waals surface area contributed by atoms with Crippen LogP contribution >= 0.6 is 15.9 Å². The van der Waals surface area contributed by atoms with Gasteiger partial charge in [-0.25, -0.2) is 4.98 Å². The number of nitriles is 1. The maximum absolute atomic E-state index is 8.93. The van der Waals surface area contributed by atoms with Crippen LogP contribution in [0.4, 0.5) is 5.82 Å². The lowest BCUT2D eigenvalue weighted by atomic mass is 10.3. The van der Waals surface area contributed by atoms with Crippen LogP contribution in [0.15, 0.2) is 39.5 Å². The number of hydrogen-bond acceptors (Lipinski definition) is 4. The Balaban J connectivity index is 2.13. The molecule has 5 heteroatoms. The summed E-state index contributed by atoms with van der Waals surface area (Å²) in [7, 11) is 0. The lowest BCUT2D eigenvalue weighted by molar-refractivity contribution is 0.518. The minimum absolute atomic E-state index is 0.501. The highest BCUT2D eigenvalue weighted by Gasteiger charge is 2.04. The highest BCUT2D eigenvalue weighted by atomic mass is 79.9. The first-order valence-electron chi connectivity index (χ1n) is 4.61. The van der Waals surface area contributed by atoms with Crippen molar-refractivity contribution in [2.75, 3.05) is 5.32 Å². The van der Waals surface area contributed by atoms with Gasteiger partial charge in [0.15, 0.2) is 0 Å². The largest absolute Gasteiger partial charge is 0.467 e. The Hall–Kier alpha value is -1.80. The molecule has 0 saturated heterocycles. The summed E-state index contributed by atoms with van der Waals surface area (Å²) in [5.41, 5.74) is 0.501. The minimum Gasteiger partial charge on any atom is -0.467 e. The first kappa shape index (κ1) is 10.7. The van der Waals surface area contributed by atoms with Crippen LogP contribution in [0.1, 0.15) is 11.3 Å². The Bertz CT molecular complexity index is 517. The van der Waals surface area contributed by atoms with Crippen molar-refractivity contribution in [2.45, 2.75) is 6.54 Å². The number of rotatable bonds is 3. The second-order valence-corrected chi connectivity index (χ2v) is 4.01. The van der Waals surface area contributed by atoms with E-state index in [1.807, 2.05) is 12.1 Å². The van der Waals surface area contributed by atoms with Gasteiger partial charge in [0, 0.05) is 10.7 Å². The van der Waals surface area contributed by atoms with Gasteiger partial charge in [0.05, 0.1) is 18.4 Å². The van der Waals surface area contributed by atoms with Crippen molar-refractivity contribution in [3.63, 3.8) is 0 Å². The number of anilines is 1. The molecule has 0 aromatic carbocycles. The Labute approximate surface area is 101 Å². The zero-order valence-corrected chi connectivity index (χ0v) is 9.86. The fraction of sp³-hybridized carbons (Fsp3) is 0.0909. The predicted molar refractivity (Wildman–Crippen MR) is 62.7 cm³/mol. The SMILES string of the molecule is N#Cc1cc(Br)cnc1NCc1ccco1. The van der Waals surface area contributed by atoms with Gasteiger partial charge in [-0.15, -0.1) is 0 Å². The fourth-order valence-electron chi connectivity index (χ4n) is 1.25. The molecule has 0 radical (unpaired) electrons. The number of furan rings is 1. The lowest BCUT2D eigenvalue weighted by Crippen LogP contribution is -2.02. The van der Waals surface area contributed by atoms with Crippen LogP contribution in [0, 0.1) is 11.3 Å². The van der Waals surface area contributed by atoms with E-state index >= 15 is 0 Å². The molecular weight excluding hydrogens is 270 g/mol. The van der Waals surface area contributed by atoms with Gasteiger partial charge in [0.2, 0.25) is 0 Å². The Morgan fingerprint density at radius 1 is 1.56 bits per heavy atom. The molecule has 0 aliphatic rings. The summed E-state index contributed by atoms with van der Waals surface area (Å²) < 4.78 is 5.95. The van der Waals surface area contributed by atoms with Crippen LogP contribution in [-0.2, 0) is 6.54 Å². The second kappa shape index (κ2) is 4.81. The third kappa shape index (κ3) is 2.41. The van der Waals surface area contributed by atoms with E-state index in [0.717, 1.165) is 10.2 Å². The number of nitrogens with one attached hydrogen (secondary N) is 1. The predicted octanol–water partition coefficient (Wildman–Crippen LogP) is 2.92. The van der Waals surface area contributed by atoms with E-state index in [9.17, 15) is 0 Å². The van der Waals surface area contributed by atoms with Crippen LogP contribution in [0.2, 0.25) is 0 Å². The van der Waals surface area contributed by atoms with Gasteiger partial charge in [0.25, 0.3) is 0 Å². The maximum atomic E-state index is 8.93. The Morgan fingerprint density at radius 3 is 3.12 bits per heavy atom. The van der Waals surface area contributed by atoms with Gasteiger partial charge >= 0.3 is 0 Å². The van der Waals surface area contributed by atoms with Gasteiger partial charge in [-0.1, -0.05) is 0 Å². The molecule has 0 unspecified atom stereocenters. The fourth-order valence-corrected chi connectivity index (χ4v) is 1.58. The van der Waals surface area contributed by atoms with E-state index in [0.29, 0.717) is 17.9 Å². The third-order valence-corrected chi connectivity index (χ3v) is 2.42. The van der Waals surface area contributed by atoms with Crippen molar-refractivity contribution in [3.05, 3.63) is 46.5 Å². The summed E-state index contributed by atoms with van der Waals surface area (Å²) >= 11 is 3.27. The van der Waals surface area contributed by atoms with E-state index in [1.54, 1.807) is 18.5 Å². The standard InChI is InChI=1S/C11H8BrN3O/c12-9-4-8(5-13)11(14-6-9)15-7-10-2-1-3-16-10/h1-4,6H,7H2,(H,14,15). The average molecular weight is 278 g/mol. The molecule has 0 atom stereocenters. The molecule has 1 N–H and O–H groups in total. The summed E-state index contributed by atoms with van der Waals surface area (Å²) in [4.78, 5) is 4.13. The maximum Gasteiger partial charge on any atom is 0.144 e. The molecule has 2 aromatic rings. The second-order valence-electron chi connectivity index (χ2n) is 3.09. The molecule has 0 aliphatic carbocycles. The third-order valence-electron chi connectivity index (χ3n) is 1.98. The molecule has 4 nitrogen and oxygen atoms in total. The molecule has 2 aromatic heterocycles. The van der Waals surface area contributed by atoms with Crippen LogP contribution < -0.4 is 5.32 Å². The number of pyridine rings is 1. The van der Waals surface area contributed by atoms with Crippen molar-refractivity contribution in [3.8, 4) is 6.07 Å². The number of nitrogens with zero attached hydrogens (tertiary/aromatic N) is 2. The van der Waals surface area contributed by atoms with Crippen molar-refractivity contribution < 1.29 is 4.42 Å². The highest BCUT2D eigenvalue weighted by molar-refractivity contribution is 9.10. The van der Waals surface area contributed by atoms with Gasteiger partial charge in [-0.3, -0.25) is 0 Å². The molecule has 2 rings (SSSR count). The van der Waals surface area contributed by atoms with Gasteiger partial charge in [0.1, 0.15) is 17.6 Å². The topological polar surface area (TPSA) is 61.9 Å². The normalized spacial score (nSPS) is 9.75. The summed E-state index contributed by atoms with van der Waals surface area (Å²) in [6.45, 7) is 0.510. The van der Waals surface area contributed by atoms with Crippen molar-refractivity contribution in [2.24, 2.45) is 0 Å². The van der Waals surface area contributed by atoms with Gasteiger partial charge in [-0.05, 0) is 34.1 Å². The molecule has 16 heavy (non-hydrogen) atoms. The van der Waals surface area contributed by atoms with Gasteiger partial charge in [-0.2, -0.15) is 5.26 Å². The first-order chi connectivity index (χ1) is 7.79. The molecule has 2 heterocycles. The molecule has 0 aliphatic heterocycles. The van der Waals surface area contributed by atoms with Crippen LogP contribution in [0.3, 0.4) is 0 Å². The molecule has 0 fully saturated rings. The van der Waals surface area contributed by atoms with Crippen molar-refractivity contribution in [1.82, 2.24) is 4.98 Å². The quantitative estimate of drug-likeness (QED) is 0.937. The van der Waals surface area contributed by atoms with E-state index in [2.05, 4.69) is 32.3 Å². The summed E-state index contributed by atoms with van der Waals surface area (Å²) in [6.07, 6.45) is 3.25. The van der Waals surface area contributed by atoms with Crippen molar-refractivity contribution in [1.29, 1.82) is 5.26 Å². The summed E-state index contributed by atoms with van der Waals surface area (Å²) in [5.74, 6) is 1.36. The highest BCUT2D eigenvalue weighted by Crippen LogP contribution is 2.17. The molecular formula is C11H8BrN3O. The summed E-state index contributed by atoms with van der Waals surface area (Å²) in [6, 6.07) is 7.48. The Kier molecular flexibility index (Phi) is 3.22. The average Bonchev–Trinajstić information content (AvgIpc) is 2.80. The van der Waals surface area contributed by atoms with Crippen LogP contribution in [0.5, 0.6) is 0 Å². The van der Waals surface area contributed by atoms with Gasteiger partial charge < -0.3 is 9.73 Å². The van der Waals surface area contributed by atoms with Crippen molar-refractivity contribution >= 4 is 21.7 Å². The molecule has 0 saturated carbocycles. The minimum atomic E-state index is 0.501. The summed E-state index contributed by atoms with van der Waals surface area (Å²) in [5, 5.41) is 12.0. The number of halogens is 1. The molecule has 0 amide bonds. The van der Waals surface area contributed by atoms with Crippen LogP contribution in [-0.4, -0.2) is 4.98 Å². The molecule has 0 bridgehead atoms. The van der Waals surface area contributed by atoms with E-state index < -0.39 is 0 Å². The molecule has 0 spiro atoms. The first-order valence-corrected chi connectivity index (χ1v) is 5.41. The smallest absolute Gasteiger partial charge is 0.144 e. The van der Waals surface area contributed by atoms with E-state index in [-0.39, 0.29) is 0 Å². The monoisotopic (exact) mass is 277 g/mol. The zero-order chi connectivity index (χ0) is 11.4. The zero-order valence-electron chi connectivity index (χ0n) is 8.27. The van der Waals surface area contributed by atoms with E-state index in [1.165, 1.54) is 0 Å². The Morgan fingerprint density at radius 2 is 2.44 bits per heavy atom. The number of aromatic nitrogens is 1. The number of hydrogen-bond donors (Lipinski definition) is 1. The lowest BCUT2D eigenvalue weighted by Gasteiger charge is -2.05. The molecule has 80 valence electrons. The van der Waals surface area contributed by atoms with Crippen LogP contribution in [0.25, 0.3) is 0 Å².